The fraction of sp³-hybridized carbons (Fsp3) is 0.300. The van der Waals surface area contributed by atoms with Crippen LogP contribution in [-0.4, -0.2) is 37.5 Å². The Morgan fingerprint density at radius 3 is 2.60 bits per heavy atom. The van der Waals surface area contributed by atoms with Crippen molar-refractivity contribution >= 4 is 28.6 Å². The van der Waals surface area contributed by atoms with Gasteiger partial charge in [-0.25, -0.2) is 9.97 Å². The topological polar surface area (TPSA) is 111 Å². The summed E-state index contributed by atoms with van der Waals surface area (Å²) in [6.07, 6.45) is 2.39. The maximum Gasteiger partial charge on any atom is 0.254 e. The van der Waals surface area contributed by atoms with Crippen LogP contribution in [0.2, 0.25) is 0 Å². The van der Waals surface area contributed by atoms with Crippen LogP contribution in [0.15, 0.2) is 63.7 Å². The molecule has 1 amide bonds. The van der Waals surface area contributed by atoms with Crippen molar-refractivity contribution in [3.8, 4) is 22.7 Å². The van der Waals surface area contributed by atoms with Gasteiger partial charge in [0.15, 0.2) is 0 Å². The molecular weight excluding hydrogens is 541 g/mol. The number of benzene rings is 2. The Morgan fingerprint density at radius 2 is 1.88 bits per heavy atom. The Bertz CT molecular complexity index is 1660. The Morgan fingerprint density at radius 1 is 1.07 bits per heavy atom. The molecule has 40 heavy (non-hydrogen) atoms. The van der Waals surface area contributed by atoms with Crippen molar-refractivity contribution in [2.24, 2.45) is 5.73 Å². The predicted molar refractivity (Wildman–Crippen MR) is 157 cm³/mol. The summed E-state index contributed by atoms with van der Waals surface area (Å²) in [6.45, 7) is 6.52. The first-order chi connectivity index (χ1) is 19.3. The molecule has 1 aliphatic heterocycles. The zero-order chi connectivity index (χ0) is 27.9. The molecular formula is C30H30N6O2S2. The van der Waals surface area contributed by atoms with Gasteiger partial charge in [-0.05, 0) is 63.8 Å². The number of carbonyl (C=O) groups is 1. The van der Waals surface area contributed by atoms with E-state index in [9.17, 15) is 4.79 Å². The molecule has 0 aliphatic carbocycles. The molecule has 2 aromatic carbocycles. The molecule has 6 rings (SSSR count). The number of nitrogens with two attached hydrogens (primary N) is 1. The van der Waals surface area contributed by atoms with Gasteiger partial charge in [-0.3, -0.25) is 4.79 Å². The van der Waals surface area contributed by atoms with Crippen molar-refractivity contribution in [3.05, 3.63) is 92.0 Å². The Hall–Kier alpha value is -3.73. The number of rotatable bonds is 7. The molecule has 5 aromatic rings. The molecule has 2 atom stereocenters. The minimum Gasteiger partial charge on any atom is -0.419 e. The summed E-state index contributed by atoms with van der Waals surface area (Å²) in [4.78, 5) is 25.3. The molecule has 0 spiro atoms. The molecule has 1 saturated heterocycles. The average Bonchev–Trinajstić information content (AvgIpc) is 3.75. The van der Waals surface area contributed by atoms with Crippen molar-refractivity contribution in [1.82, 2.24) is 25.1 Å². The highest BCUT2D eigenvalue weighted by atomic mass is 32.1. The zero-order valence-corrected chi connectivity index (χ0v) is 24.3. The molecule has 1 fully saturated rings. The highest BCUT2D eigenvalue weighted by Gasteiger charge is 2.33. The van der Waals surface area contributed by atoms with Crippen LogP contribution in [0.3, 0.4) is 0 Å². The maximum absolute atomic E-state index is 14.0. The number of nitrogens with zero attached hydrogens (tertiary/aromatic N) is 5. The van der Waals surface area contributed by atoms with Crippen LogP contribution < -0.4 is 5.73 Å². The standard InChI is InChI=1S/C30H30N6O2S2/c1-18-16-40-27(32-18)25-10-7-11-36(25)28(37)23-13-21(24-17-39-19(2)33-24)12-22(14-23)26-34-35-29(38-26)30(3,31)15-20-8-5-4-6-9-20/h4-6,8-9,12-14,16-17,25H,7,10-11,15,31H2,1-3H3/t25-,30-/m1/s1. The number of amides is 1. The number of aromatic nitrogens is 4. The van der Waals surface area contributed by atoms with E-state index in [0.717, 1.165) is 45.4 Å². The van der Waals surface area contributed by atoms with Crippen molar-refractivity contribution in [2.45, 2.75) is 51.6 Å². The van der Waals surface area contributed by atoms with Gasteiger partial charge in [0.2, 0.25) is 11.8 Å². The lowest BCUT2D eigenvalue weighted by Crippen LogP contribution is -2.35. The Kier molecular flexibility index (Phi) is 7.07. The largest absolute Gasteiger partial charge is 0.419 e. The molecule has 2 N–H and O–H groups in total. The number of likely N-dealkylation sites (tertiary alicyclic amines) is 1. The summed E-state index contributed by atoms with van der Waals surface area (Å²) in [5.74, 6) is 0.613. The predicted octanol–water partition coefficient (Wildman–Crippen LogP) is 6.33. The van der Waals surface area contributed by atoms with E-state index in [1.807, 2.05) is 85.0 Å². The highest BCUT2D eigenvalue weighted by molar-refractivity contribution is 7.10. The third kappa shape index (κ3) is 5.34. The van der Waals surface area contributed by atoms with E-state index in [1.165, 1.54) is 0 Å². The normalized spacial score (nSPS) is 16.8. The first-order valence-corrected chi connectivity index (χ1v) is 15.0. The molecule has 0 bridgehead atoms. The minimum atomic E-state index is -0.858. The first-order valence-electron chi connectivity index (χ1n) is 13.2. The Labute approximate surface area is 240 Å². The molecule has 0 saturated carbocycles. The van der Waals surface area contributed by atoms with Gasteiger partial charge in [-0.15, -0.1) is 32.9 Å². The van der Waals surface area contributed by atoms with E-state index in [0.29, 0.717) is 35.9 Å². The molecule has 10 heteroatoms. The van der Waals surface area contributed by atoms with Crippen LogP contribution in [0, 0.1) is 13.8 Å². The maximum atomic E-state index is 14.0. The lowest BCUT2D eigenvalue weighted by molar-refractivity contribution is 0.0735. The van der Waals surface area contributed by atoms with Crippen molar-refractivity contribution in [2.75, 3.05) is 6.54 Å². The van der Waals surface area contributed by atoms with Crippen LogP contribution in [0.25, 0.3) is 22.7 Å². The fourth-order valence-electron chi connectivity index (χ4n) is 5.14. The van der Waals surface area contributed by atoms with Gasteiger partial charge in [-0.1, -0.05) is 30.3 Å². The lowest BCUT2D eigenvalue weighted by Gasteiger charge is -2.23. The van der Waals surface area contributed by atoms with Crippen LogP contribution in [0.1, 0.15) is 63.3 Å². The minimum absolute atomic E-state index is 0.0224. The smallest absolute Gasteiger partial charge is 0.254 e. The van der Waals surface area contributed by atoms with Gasteiger partial charge in [0.05, 0.1) is 22.3 Å². The second-order valence-corrected chi connectivity index (χ2v) is 12.5. The summed E-state index contributed by atoms with van der Waals surface area (Å²) in [6, 6.07) is 15.6. The van der Waals surface area contributed by atoms with E-state index >= 15 is 0 Å². The van der Waals surface area contributed by atoms with Crippen molar-refractivity contribution < 1.29 is 9.21 Å². The molecule has 8 nitrogen and oxygen atoms in total. The summed E-state index contributed by atoms with van der Waals surface area (Å²) >= 11 is 3.18. The van der Waals surface area contributed by atoms with Crippen molar-refractivity contribution in [1.29, 1.82) is 0 Å². The number of hydrogen-bond acceptors (Lipinski definition) is 9. The van der Waals surface area contributed by atoms with Crippen LogP contribution in [0.4, 0.5) is 0 Å². The fourth-order valence-corrected chi connectivity index (χ4v) is 6.71. The van der Waals surface area contributed by atoms with Gasteiger partial charge in [0.1, 0.15) is 5.01 Å². The van der Waals surface area contributed by atoms with Crippen LogP contribution >= 0.6 is 22.7 Å². The molecule has 3 aromatic heterocycles. The molecule has 4 heterocycles. The number of carbonyl (C=O) groups excluding carboxylic acids is 1. The van der Waals surface area contributed by atoms with Crippen LogP contribution in [0.5, 0.6) is 0 Å². The molecule has 0 unspecified atom stereocenters. The highest BCUT2D eigenvalue weighted by Crippen LogP contribution is 2.36. The van der Waals surface area contributed by atoms with Gasteiger partial charge in [-0.2, -0.15) is 0 Å². The van der Waals surface area contributed by atoms with E-state index in [2.05, 4.69) is 20.2 Å². The SMILES string of the molecule is Cc1csc([C@H]2CCCN2C(=O)c2cc(-c3csc(C)n3)cc(-c3nnc([C@](C)(N)Cc4ccccc4)o3)c2)n1. The first kappa shape index (κ1) is 26.5. The van der Waals surface area contributed by atoms with Crippen LogP contribution in [-0.2, 0) is 12.0 Å². The molecule has 0 radical (unpaired) electrons. The summed E-state index contributed by atoms with van der Waals surface area (Å²) < 4.78 is 6.16. The van der Waals surface area contributed by atoms with Gasteiger partial charge < -0.3 is 15.1 Å². The van der Waals surface area contributed by atoms with Gasteiger partial charge >= 0.3 is 0 Å². The number of hydrogen-bond donors (Lipinski definition) is 1. The number of aryl methyl sites for hydroxylation is 2. The van der Waals surface area contributed by atoms with E-state index in [4.69, 9.17) is 10.2 Å². The molecule has 204 valence electrons. The molecule has 1 aliphatic rings. The second kappa shape index (κ2) is 10.7. The van der Waals surface area contributed by atoms with E-state index in [-0.39, 0.29) is 11.9 Å². The second-order valence-electron chi connectivity index (χ2n) is 10.5. The third-order valence-corrected chi connectivity index (χ3v) is 8.94. The third-order valence-electron chi connectivity index (χ3n) is 7.10. The lowest BCUT2D eigenvalue weighted by atomic mass is 9.94. The van der Waals surface area contributed by atoms with Crippen molar-refractivity contribution in [3.63, 3.8) is 0 Å². The van der Waals surface area contributed by atoms with E-state index in [1.54, 1.807) is 22.7 Å². The van der Waals surface area contributed by atoms with Gasteiger partial charge in [0, 0.05) is 39.7 Å². The summed E-state index contributed by atoms with van der Waals surface area (Å²) in [5, 5.41) is 14.6. The quantitative estimate of drug-likeness (QED) is 0.243. The Balaban J connectivity index is 1.36. The summed E-state index contributed by atoms with van der Waals surface area (Å²) in [7, 11) is 0. The van der Waals surface area contributed by atoms with Gasteiger partial charge in [0.25, 0.3) is 5.91 Å². The monoisotopic (exact) mass is 570 g/mol. The van der Waals surface area contributed by atoms with E-state index < -0.39 is 5.54 Å². The summed E-state index contributed by atoms with van der Waals surface area (Å²) in [5.41, 5.74) is 10.7. The number of thiazole rings is 2. The average molecular weight is 571 g/mol. The zero-order valence-electron chi connectivity index (χ0n) is 22.6.